The molecule has 1 atom stereocenters. The standard InChI is InChI=1S/C12H17NO3/c1-9(15)13-11(7-8-14)10-5-3-4-6-12(10)16-2/h3-6,11,14H,7-8H2,1-2H3,(H,13,15). The van der Waals surface area contributed by atoms with Gasteiger partial charge >= 0.3 is 0 Å². The van der Waals surface area contributed by atoms with Crippen molar-refractivity contribution >= 4 is 5.91 Å². The molecule has 0 saturated carbocycles. The number of hydrogen-bond donors (Lipinski definition) is 2. The monoisotopic (exact) mass is 223 g/mol. The van der Waals surface area contributed by atoms with Crippen molar-refractivity contribution in [3.8, 4) is 5.75 Å². The quantitative estimate of drug-likeness (QED) is 0.790. The molecule has 2 N–H and O–H groups in total. The van der Waals surface area contributed by atoms with Crippen molar-refractivity contribution in [1.82, 2.24) is 5.32 Å². The van der Waals surface area contributed by atoms with Crippen LogP contribution in [0.2, 0.25) is 0 Å². The predicted molar refractivity (Wildman–Crippen MR) is 61.3 cm³/mol. The van der Waals surface area contributed by atoms with Gasteiger partial charge in [0.1, 0.15) is 5.75 Å². The highest BCUT2D eigenvalue weighted by molar-refractivity contribution is 5.73. The molecule has 0 heterocycles. The van der Waals surface area contributed by atoms with E-state index in [0.717, 1.165) is 11.3 Å². The fourth-order valence-corrected chi connectivity index (χ4v) is 1.63. The molecular weight excluding hydrogens is 206 g/mol. The van der Waals surface area contributed by atoms with Gasteiger partial charge in [-0.05, 0) is 12.5 Å². The highest BCUT2D eigenvalue weighted by Gasteiger charge is 2.15. The highest BCUT2D eigenvalue weighted by atomic mass is 16.5. The van der Waals surface area contributed by atoms with Gasteiger partial charge in [0, 0.05) is 19.1 Å². The average Bonchev–Trinajstić information content (AvgIpc) is 2.28. The van der Waals surface area contributed by atoms with Gasteiger partial charge in [-0.15, -0.1) is 0 Å². The van der Waals surface area contributed by atoms with Gasteiger partial charge in [-0.3, -0.25) is 4.79 Å². The zero-order chi connectivity index (χ0) is 12.0. The second-order valence-corrected chi connectivity index (χ2v) is 3.51. The maximum atomic E-state index is 11.1. The Morgan fingerprint density at radius 3 is 2.75 bits per heavy atom. The lowest BCUT2D eigenvalue weighted by Crippen LogP contribution is -2.27. The summed E-state index contributed by atoms with van der Waals surface area (Å²) in [6.07, 6.45) is 0.472. The second-order valence-electron chi connectivity index (χ2n) is 3.51. The number of nitrogens with one attached hydrogen (secondary N) is 1. The Labute approximate surface area is 95.2 Å². The van der Waals surface area contributed by atoms with E-state index in [1.54, 1.807) is 7.11 Å². The van der Waals surface area contributed by atoms with Gasteiger partial charge in [0.25, 0.3) is 0 Å². The number of methoxy groups -OCH3 is 1. The van der Waals surface area contributed by atoms with Gasteiger partial charge in [0.15, 0.2) is 0 Å². The summed E-state index contributed by atoms with van der Waals surface area (Å²) >= 11 is 0. The van der Waals surface area contributed by atoms with Crippen molar-refractivity contribution in [2.24, 2.45) is 0 Å². The summed E-state index contributed by atoms with van der Waals surface area (Å²) in [5, 5.41) is 11.8. The number of carbonyl (C=O) groups excluding carboxylic acids is 1. The zero-order valence-electron chi connectivity index (χ0n) is 9.56. The minimum absolute atomic E-state index is 0.0169. The summed E-state index contributed by atoms with van der Waals surface area (Å²) in [5.74, 6) is 0.596. The number of hydrogen-bond acceptors (Lipinski definition) is 3. The molecule has 0 saturated heterocycles. The van der Waals surface area contributed by atoms with E-state index in [-0.39, 0.29) is 18.6 Å². The Hall–Kier alpha value is -1.55. The molecule has 0 aliphatic carbocycles. The first-order valence-electron chi connectivity index (χ1n) is 5.20. The third-order valence-corrected chi connectivity index (χ3v) is 2.31. The Kier molecular flexibility index (Phi) is 4.79. The van der Waals surface area contributed by atoms with E-state index >= 15 is 0 Å². The van der Waals surface area contributed by atoms with Crippen molar-refractivity contribution in [1.29, 1.82) is 0 Å². The van der Waals surface area contributed by atoms with Crippen LogP contribution in [-0.2, 0) is 4.79 Å². The normalized spacial score (nSPS) is 11.9. The van der Waals surface area contributed by atoms with Crippen LogP contribution < -0.4 is 10.1 Å². The number of aliphatic hydroxyl groups excluding tert-OH is 1. The summed E-state index contributed by atoms with van der Waals surface area (Å²) in [7, 11) is 1.59. The number of aliphatic hydroxyl groups is 1. The molecular formula is C12H17NO3. The van der Waals surface area contributed by atoms with Crippen molar-refractivity contribution in [3.05, 3.63) is 29.8 Å². The van der Waals surface area contributed by atoms with Crippen LogP contribution >= 0.6 is 0 Å². The Balaban J connectivity index is 2.94. The zero-order valence-corrected chi connectivity index (χ0v) is 9.56. The van der Waals surface area contributed by atoms with Crippen LogP contribution in [0, 0.1) is 0 Å². The van der Waals surface area contributed by atoms with Gasteiger partial charge in [0.2, 0.25) is 5.91 Å². The number of para-hydroxylation sites is 1. The minimum atomic E-state index is -0.210. The fourth-order valence-electron chi connectivity index (χ4n) is 1.63. The molecule has 0 aliphatic rings. The lowest BCUT2D eigenvalue weighted by Gasteiger charge is -2.19. The summed E-state index contributed by atoms with van der Waals surface area (Å²) < 4.78 is 5.22. The topological polar surface area (TPSA) is 58.6 Å². The highest BCUT2D eigenvalue weighted by Crippen LogP contribution is 2.26. The van der Waals surface area contributed by atoms with Gasteiger partial charge in [0.05, 0.1) is 13.2 Å². The van der Waals surface area contributed by atoms with E-state index in [1.807, 2.05) is 24.3 Å². The molecule has 0 aliphatic heterocycles. The second kappa shape index (κ2) is 6.12. The number of benzene rings is 1. The number of rotatable bonds is 5. The number of amides is 1. The lowest BCUT2D eigenvalue weighted by atomic mass is 10.0. The van der Waals surface area contributed by atoms with Crippen LogP contribution in [0.4, 0.5) is 0 Å². The van der Waals surface area contributed by atoms with Crippen molar-refractivity contribution in [2.75, 3.05) is 13.7 Å². The maximum Gasteiger partial charge on any atom is 0.217 e. The van der Waals surface area contributed by atoms with Crippen molar-refractivity contribution in [3.63, 3.8) is 0 Å². The van der Waals surface area contributed by atoms with Crippen LogP contribution in [0.25, 0.3) is 0 Å². The third-order valence-electron chi connectivity index (χ3n) is 2.31. The SMILES string of the molecule is COc1ccccc1C(CCO)NC(C)=O. The van der Waals surface area contributed by atoms with E-state index in [0.29, 0.717) is 6.42 Å². The Bertz CT molecular complexity index is 352. The molecule has 1 aromatic carbocycles. The molecule has 0 spiro atoms. The van der Waals surface area contributed by atoms with E-state index in [1.165, 1.54) is 6.92 Å². The fraction of sp³-hybridized carbons (Fsp3) is 0.417. The van der Waals surface area contributed by atoms with Gasteiger partial charge in [-0.2, -0.15) is 0 Å². The number of ether oxygens (including phenoxy) is 1. The molecule has 1 amide bonds. The predicted octanol–water partition coefficient (Wildman–Crippen LogP) is 1.25. The summed E-state index contributed by atoms with van der Waals surface area (Å²) in [5.41, 5.74) is 0.884. The molecule has 0 fully saturated rings. The molecule has 0 radical (unpaired) electrons. The molecule has 0 bridgehead atoms. The van der Waals surface area contributed by atoms with E-state index < -0.39 is 0 Å². The largest absolute Gasteiger partial charge is 0.496 e. The molecule has 88 valence electrons. The first-order chi connectivity index (χ1) is 7.69. The molecule has 1 aromatic rings. The van der Waals surface area contributed by atoms with Gasteiger partial charge in [-0.1, -0.05) is 18.2 Å². The number of carbonyl (C=O) groups is 1. The molecule has 0 aromatic heterocycles. The summed E-state index contributed by atoms with van der Waals surface area (Å²) in [6, 6.07) is 7.26. The minimum Gasteiger partial charge on any atom is -0.496 e. The first-order valence-corrected chi connectivity index (χ1v) is 5.20. The van der Waals surface area contributed by atoms with Crippen molar-refractivity contribution < 1.29 is 14.6 Å². The van der Waals surface area contributed by atoms with E-state index in [4.69, 9.17) is 9.84 Å². The smallest absolute Gasteiger partial charge is 0.217 e. The van der Waals surface area contributed by atoms with Crippen LogP contribution in [0.3, 0.4) is 0 Å². The third kappa shape index (κ3) is 3.24. The van der Waals surface area contributed by atoms with Crippen LogP contribution in [0.15, 0.2) is 24.3 Å². The molecule has 1 rings (SSSR count). The van der Waals surface area contributed by atoms with E-state index in [9.17, 15) is 4.79 Å². The molecule has 16 heavy (non-hydrogen) atoms. The molecule has 4 heteroatoms. The average molecular weight is 223 g/mol. The van der Waals surface area contributed by atoms with Crippen LogP contribution in [0.1, 0.15) is 24.9 Å². The maximum absolute atomic E-state index is 11.1. The first kappa shape index (κ1) is 12.5. The lowest BCUT2D eigenvalue weighted by molar-refractivity contribution is -0.119. The van der Waals surface area contributed by atoms with Crippen LogP contribution in [0.5, 0.6) is 5.75 Å². The van der Waals surface area contributed by atoms with E-state index in [2.05, 4.69) is 5.32 Å². The Morgan fingerprint density at radius 2 is 2.19 bits per heavy atom. The van der Waals surface area contributed by atoms with Crippen molar-refractivity contribution in [2.45, 2.75) is 19.4 Å². The molecule has 1 unspecified atom stereocenters. The summed E-state index contributed by atoms with van der Waals surface area (Å²) in [6.45, 7) is 1.47. The Morgan fingerprint density at radius 1 is 1.50 bits per heavy atom. The molecule has 4 nitrogen and oxygen atoms in total. The summed E-state index contributed by atoms with van der Waals surface area (Å²) in [4.78, 5) is 11.1. The van der Waals surface area contributed by atoms with Gasteiger partial charge in [-0.25, -0.2) is 0 Å². The van der Waals surface area contributed by atoms with Gasteiger partial charge < -0.3 is 15.2 Å². The van der Waals surface area contributed by atoms with Crippen LogP contribution in [-0.4, -0.2) is 24.7 Å².